The highest BCUT2D eigenvalue weighted by Gasteiger charge is 2.12. The maximum atomic E-state index is 12.4. The van der Waals surface area contributed by atoms with Crippen molar-refractivity contribution >= 4 is 5.78 Å². The summed E-state index contributed by atoms with van der Waals surface area (Å²) in [6.45, 7) is 5.16. The van der Waals surface area contributed by atoms with Crippen molar-refractivity contribution in [3.05, 3.63) is 65.0 Å². The molecule has 1 aromatic carbocycles. The number of Topliss-reactive ketones (excluding diaryl/α,β-unsaturated/α-hetero) is 1. The number of ketones is 1. The number of carbonyl (C=O) groups excluding carboxylic acids is 1. The first-order chi connectivity index (χ1) is 9.56. The van der Waals surface area contributed by atoms with Crippen molar-refractivity contribution in [3.8, 4) is 0 Å². The predicted octanol–water partition coefficient (Wildman–Crippen LogP) is 3.01. The molecule has 0 fully saturated rings. The average molecular weight is 268 g/mol. The zero-order valence-corrected chi connectivity index (χ0v) is 12.3. The molecule has 0 radical (unpaired) electrons. The van der Waals surface area contributed by atoms with Gasteiger partial charge in [-0.1, -0.05) is 17.7 Å². The molecule has 104 valence electrons. The second-order valence-corrected chi connectivity index (χ2v) is 5.27. The Labute approximate surface area is 120 Å². The van der Waals surface area contributed by atoms with Crippen LogP contribution in [0.25, 0.3) is 0 Å². The minimum atomic E-state index is 0.169. The van der Waals surface area contributed by atoms with Crippen molar-refractivity contribution in [3.63, 3.8) is 0 Å². The van der Waals surface area contributed by atoms with Crippen LogP contribution in [-0.2, 0) is 6.54 Å². The summed E-state index contributed by atoms with van der Waals surface area (Å²) in [5.41, 5.74) is 4.15. The lowest BCUT2D eigenvalue weighted by molar-refractivity contribution is 0.0942. The van der Waals surface area contributed by atoms with E-state index in [0.29, 0.717) is 6.54 Å². The third-order valence-corrected chi connectivity index (χ3v) is 3.31. The Balaban J connectivity index is 2.02. The number of aromatic nitrogens is 1. The summed E-state index contributed by atoms with van der Waals surface area (Å²) in [6, 6.07) is 9.95. The third-order valence-electron chi connectivity index (χ3n) is 3.31. The zero-order chi connectivity index (χ0) is 14.5. The third kappa shape index (κ3) is 3.75. The van der Waals surface area contributed by atoms with Gasteiger partial charge >= 0.3 is 0 Å². The Bertz CT molecular complexity index is 593. The van der Waals surface area contributed by atoms with Crippen LogP contribution in [0.3, 0.4) is 0 Å². The highest BCUT2D eigenvalue weighted by Crippen LogP contribution is 2.12. The van der Waals surface area contributed by atoms with Crippen molar-refractivity contribution in [1.82, 2.24) is 9.88 Å². The number of nitrogens with zero attached hydrogens (tertiary/aromatic N) is 2. The van der Waals surface area contributed by atoms with Gasteiger partial charge in [-0.15, -0.1) is 0 Å². The van der Waals surface area contributed by atoms with Gasteiger partial charge in [0, 0.05) is 24.5 Å². The van der Waals surface area contributed by atoms with E-state index in [-0.39, 0.29) is 5.78 Å². The van der Waals surface area contributed by atoms with Crippen molar-refractivity contribution in [1.29, 1.82) is 0 Å². The maximum Gasteiger partial charge on any atom is 0.177 e. The van der Waals surface area contributed by atoms with Gasteiger partial charge in [-0.05, 0) is 50.2 Å². The lowest BCUT2D eigenvalue weighted by atomic mass is 10.0. The van der Waals surface area contributed by atoms with Crippen LogP contribution in [0.4, 0.5) is 0 Å². The van der Waals surface area contributed by atoms with Gasteiger partial charge in [0.2, 0.25) is 0 Å². The molecule has 0 saturated carbocycles. The summed E-state index contributed by atoms with van der Waals surface area (Å²) in [7, 11) is 1.96. The summed E-state index contributed by atoms with van der Waals surface area (Å²) in [5.74, 6) is 0.169. The topological polar surface area (TPSA) is 33.2 Å². The molecule has 0 bridgehead atoms. The molecule has 20 heavy (non-hydrogen) atoms. The summed E-state index contributed by atoms with van der Waals surface area (Å²) < 4.78 is 0. The summed E-state index contributed by atoms with van der Waals surface area (Å²) in [6.07, 6.45) is 3.55. The number of pyridine rings is 1. The lowest BCUT2D eigenvalue weighted by Crippen LogP contribution is -2.26. The van der Waals surface area contributed by atoms with E-state index in [1.807, 2.05) is 56.1 Å². The van der Waals surface area contributed by atoms with Gasteiger partial charge in [0.15, 0.2) is 5.78 Å². The van der Waals surface area contributed by atoms with E-state index >= 15 is 0 Å². The fourth-order valence-electron chi connectivity index (χ4n) is 2.22. The molecule has 3 heteroatoms. The molecule has 0 unspecified atom stereocenters. The Morgan fingerprint density at radius 1 is 1.15 bits per heavy atom. The summed E-state index contributed by atoms with van der Waals surface area (Å²) in [5, 5.41) is 0. The van der Waals surface area contributed by atoms with Crippen LogP contribution in [0, 0.1) is 13.8 Å². The van der Waals surface area contributed by atoms with Crippen LogP contribution in [0.1, 0.15) is 27.0 Å². The van der Waals surface area contributed by atoms with E-state index in [9.17, 15) is 4.79 Å². The van der Waals surface area contributed by atoms with Gasteiger partial charge in [0.05, 0.1) is 6.54 Å². The molecule has 0 spiro atoms. The predicted molar refractivity (Wildman–Crippen MR) is 80.8 cm³/mol. The first-order valence-corrected chi connectivity index (χ1v) is 6.74. The molecule has 1 aromatic heterocycles. The van der Waals surface area contributed by atoms with E-state index in [1.165, 1.54) is 0 Å². The average Bonchev–Trinajstić information content (AvgIpc) is 2.42. The fraction of sp³-hybridized carbons (Fsp3) is 0.294. The number of likely N-dealkylation sites (N-methyl/N-ethyl adjacent to an activating group) is 1. The monoisotopic (exact) mass is 268 g/mol. The van der Waals surface area contributed by atoms with Gasteiger partial charge < -0.3 is 0 Å². The Kier molecular flexibility index (Phi) is 4.64. The van der Waals surface area contributed by atoms with E-state index < -0.39 is 0 Å². The highest BCUT2D eigenvalue weighted by atomic mass is 16.1. The Hall–Kier alpha value is -2.00. The molecule has 1 heterocycles. The van der Waals surface area contributed by atoms with Gasteiger partial charge in [-0.25, -0.2) is 0 Å². The molecule has 2 aromatic rings. The molecule has 2 rings (SSSR count). The minimum absolute atomic E-state index is 0.169. The number of hydrogen-bond acceptors (Lipinski definition) is 3. The molecule has 0 aliphatic rings. The zero-order valence-electron chi connectivity index (χ0n) is 12.3. The van der Waals surface area contributed by atoms with Crippen molar-refractivity contribution in [2.24, 2.45) is 0 Å². The first-order valence-electron chi connectivity index (χ1n) is 6.74. The SMILES string of the molecule is Cc1ccc(C)c(C(=O)CN(C)Cc2ccncc2)c1. The van der Waals surface area contributed by atoms with Crippen LogP contribution in [-0.4, -0.2) is 29.3 Å². The number of benzene rings is 1. The van der Waals surface area contributed by atoms with E-state index in [2.05, 4.69) is 4.98 Å². The van der Waals surface area contributed by atoms with E-state index in [4.69, 9.17) is 0 Å². The highest BCUT2D eigenvalue weighted by molar-refractivity contribution is 5.99. The quantitative estimate of drug-likeness (QED) is 0.782. The maximum absolute atomic E-state index is 12.4. The van der Waals surface area contributed by atoms with E-state index in [0.717, 1.165) is 28.8 Å². The minimum Gasteiger partial charge on any atom is -0.295 e. The first kappa shape index (κ1) is 14.4. The second-order valence-electron chi connectivity index (χ2n) is 5.27. The molecule has 0 aliphatic carbocycles. The van der Waals surface area contributed by atoms with Gasteiger partial charge in [0.1, 0.15) is 0 Å². The second kappa shape index (κ2) is 6.44. The van der Waals surface area contributed by atoms with Crippen LogP contribution in [0.2, 0.25) is 0 Å². The van der Waals surface area contributed by atoms with Crippen LogP contribution < -0.4 is 0 Å². The van der Waals surface area contributed by atoms with Crippen LogP contribution >= 0.6 is 0 Å². The molecule has 0 saturated heterocycles. The summed E-state index contributed by atoms with van der Waals surface area (Å²) in [4.78, 5) is 18.4. The molecule has 0 N–H and O–H groups in total. The number of rotatable bonds is 5. The molecule has 0 amide bonds. The van der Waals surface area contributed by atoms with Crippen molar-refractivity contribution < 1.29 is 4.79 Å². The Morgan fingerprint density at radius 3 is 2.55 bits per heavy atom. The molecular formula is C17H20N2O. The smallest absolute Gasteiger partial charge is 0.177 e. The standard InChI is InChI=1S/C17H20N2O/c1-13-4-5-14(2)16(10-13)17(20)12-19(3)11-15-6-8-18-9-7-15/h4-10H,11-12H2,1-3H3. The molecule has 0 atom stereocenters. The fourth-order valence-corrected chi connectivity index (χ4v) is 2.22. The van der Waals surface area contributed by atoms with Gasteiger partial charge in [-0.2, -0.15) is 0 Å². The number of hydrogen-bond donors (Lipinski definition) is 0. The molecule has 3 nitrogen and oxygen atoms in total. The Morgan fingerprint density at radius 2 is 1.85 bits per heavy atom. The number of aryl methyl sites for hydroxylation is 2. The van der Waals surface area contributed by atoms with Gasteiger partial charge in [-0.3, -0.25) is 14.7 Å². The lowest BCUT2D eigenvalue weighted by Gasteiger charge is -2.16. The normalized spacial score (nSPS) is 10.8. The van der Waals surface area contributed by atoms with E-state index in [1.54, 1.807) is 12.4 Å². The summed E-state index contributed by atoms with van der Waals surface area (Å²) >= 11 is 0. The molecular weight excluding hydrogens is 248 g/mol. The number of carbonyl (C=O) groups is 1. The van der Waals surface area contributed by atoms with Crippen molar-refractivity contribution in [2.75, 3.05) is 13.6 Å². The molecule has 0 aliphatic heterocycles. The van der Waals surface area contributed by atoms with Gasteiger partial charge in [0.25, 0.3) is 0 Å². The van der Waals surface area contributed by atoms with Crippen LogP contribution in [0.15, 0.2) is 42.7 Å². The largest absolute Gasteiger partial charge is 0.295 e. The van der Waals surface area contributed by atoms with Crippen LogP contribution in [0.5, 0.6) is 0 Å². The van der Waals surface area contributed by atoms with Crippen molar-refractivity contribution in [2.45, 2.75) is 20.4 Å².